The molecule has 10 unspecified atom stereocenters. The molecule has 1 heterocycles. The number of hydrazine groups is 1. The second-order valence-corrected chi connectivity index (χ2v) is 28.3. The van der Waals surface area contributed by atoms with E-state index in [2.05, 4.69) is 88.2 Å². The third-order valence-corrected chi connectivity index (χ3v) is 16.6. The van der Waals surface area contributed by atoms with Crippen LogP contribution in [0.4, 0.5) is 0 Å². The number of thiol groups is 2. The summed E-state index contributed by atoms with van der Waals surface area (Å²) in [6.45, 7) is 7.55. The number of para-hydroxylation sites is 1. The van der Waals surface area contributed by atoms with Gasteiger partial charge in [0.25, 0.3) is 11.8 Å². The monoisotopic (exact) mass is 1530 g/mol. The lowest BCUT2D eigenvalue weighted by Gasteiger charge is -2.33. The maximum Gasteiger partial charge on any atom is 0.281 e. The van der Waals surface area contributed by atoms with Gasteiger partial charge in [0.2, 0.25) is 82.7 Å². The number of hydrogen-bond acceptors (Lipinski definition) is 21. The Labute approximate surface area is 625 Å². The second kappa shape index (κ2) is 40.3. The van der Waals surface area contributed by atoms with Gasteiger partial charge in [-0.1, -0.05) is 72.8 Å². The normalized spacial score (nSPS) is 14.1. The molecule has 0 aliphatic rings. The summed E-state index contributed by atoms with van der Waals surface area (Å²) in [5.41, 5.74) is 24.4. The first-order chi connectivity index (χ1) is 50.2. The minimum absolute atomic E-state index is 0.0524. The average Bonchev–Trinajstić information content (AvgIpc) is 1.43. The number of carbonyl (C=O) groups excluding carboxylic acids is 16. The average molecular weight is 1530 g/mol. The SMILES string of the molecule is CONC(=O)COCC(=O)NC(NC(=O)C(Cc1ccc2ccccc2c1)NC(=O)C(Cc1ccc(C(N)=O)cc1)NC(=O)C(NC(=O)C(CCC(N)=O)NC(=O)C(Cc1c[nH]c2ccccc12)NC(=O)C(NC(=O)C(CCC(N)=O)NC(=O)C(NC(C)=O)C(C)(C)S)C(C)O)C(C)(C)S)C(=O)NNC(C)=O. The molecule has 578 valence electrons. The Hall–Kier alpha value is -11.2. The molecule has 5 rings (SSSR count). The molecular weight excluding hydrogens is 1430 g/mol. The van der Waals surface area contributed by atoms with Crippen molar-refractivity contribution in [1.29, 1.82) is 0 Å². The molecule has 0 bridgehead atoms. The number of aromatic amines is 1. The highest BCUT2D eigenvalue weighted by Crippen LogP contribution is 2.24. The minimum Gasteiger partial charge on any atom is -0.391 e. The summed E-state index contributed by atoms with van der Waals surface area (Å²) >= 11 is 9.09. The van der Waals surface area contributed by atoms with Crippen LogP contribution < -0.4 is 86.7 Å². The Kier molecular flexibility index (Phi) is 32.6. The van der Waals surface area contributed by atoms with Gasteiger partial charge in [0.05, 0.1) is 13.2 Å². The third-order valence-electron chi connectivity index (χ3n) is 16.1. The fourth-order valence-electron chi connectivity index (χ4n) is 10.7. The number of nitrogens with one attached hydrogen (secondary N) is 14. The number of primary amides is 3. The molecule has 36 nitrogen and oxygen atoms in total. The number of aromatic nitrogens is 1. The highest BCUT2D eigenvalue weighted by atomic mass is 32.1. The molecule has 0 saturated heterocycles. The molecule has 21 N–H and O–H groups in total. The second-order valence-electron chi connectivity index (χ2n) is 26.0. The van der Waals surface area contributed by atoms with Crippen molar-refractivity contribution in [2.75, 3.05) is 20.3 Å². The van der Waals surface area contributed by atoms with E-state index in [-0.39, 0.29) is 24.0 Å². The summed E-state index contributed by atoms with van der Waals surface area (Å²) in [4.78, 5) is 224. The highest BCUT2D eigenvalue weighted by Gasteiger charge is 2.41. The Bertz CT molecular complexity index is 4110. The van der Waals surface area contributed by atoms with Crippen molar-refractivity contribution in [3.63, 3.8) is 0 Å². The molecule has 38 heteroatoms. The molecule has 1 aromatic heterocycles. The Balaban J connectivity index is 1.52. The van der Waals surface area contributed by atoms with Crippen molar-refractivity contribution in [3.8, 4) is 0 Å². The van der Waals surface area contributed by atoms with Crippen LogP contribution >= 0.6 is 25.3 Å². The van der Waals surface area contributed by atoms with Crippen LogP contribution in [0.15, 0.2) is 97.2 Å². The molecule has 0 spiro atoms. The topological polar surface area (TPSA) is 562 Å². The van der Waals surface area contributed by atoms with E-state index in [4.69, 9.17) is 21.9 Å². The van der Waals surface area contributed by atoms with E-state index in [1.54, 1.807) is 60.7 Å². The smallest absolute Gasteiger partial charge is 0.281 e. The number of aliphatic hydroxyl groups excluding tert-OH is 1. The number of carbonyl (C=O) groups is 16. The van der Waals surface area contributed by atoms with Gasteiger partial charge < -0.3 is 85.2 Å². The van der Waals surface area contributed by atoms with E-state index < -0.39 is 210 Å². The molecule has 16 amide bonds. The molecule has 5 aromatic rings. The van der Waals surface area contributed by atoms with E-state index >= 15 is 9.59 Å². The maximum atomic E-state index is 15.2. The fourth-order valence-corrected chi connectivity index (χ4v) is 11.0. The van der Waals surface area contributed by atoms with Gasteiger partial charge in [-0.2, -0.15) is 25.3 Å². The zero-order chi connectivity index (χ0) is 79.6. The molecule has 0 saturated carbocycles. The lowest BCUT2D eigenvalue weighted by atomic mass is 9.98. The predicted octanol–water partition coefficient (Wildman–Crippen LogP) is -3.91. The van der Waals surface area contributed by atoms with Crippen LogP contribution in [0.25, 0.3) is 21.7 Å². The molecule has 107 heavy (non-hydrogen) atoms. The van der Waals surface area contributed by atoms with Gasteiger partial charge in [-0.05, 0) is 93.1 Å². The van der Waals surface area contributed by atoms with Crippen LogP contribution in [0.3, 0.4) is 0 Å². The zero-order valence-corrected chi connectivity index (χ0v) is 61.6. The summed E-state index contributed by atoms with van der Waals surface area (Å²) in [6, 6.07) is 10.8. The number of rotatable bonds is 40. The number of benzene rings is 4. The number of H-pyrrole nitrogens is 1. The van der Waals surface area contributed by atoms with Crippen LogP contribution in [-0.2, 0) is 101 Å². The zero-order valence-electron chi connectivity index (χ0n) is 59.8. The van der Waals surface area contributed by atoms with Crippen molar-refractivity contribution in [2.45, 2.75) is 164 Å². The molecule has 0 radical (unpaired) electrons. The number of fused-ring (bicyclic) bond motifs is 2. The number of amides is 16. The first kappa shape index (κ1) is 86.4. The molecular formula is C69H91N17O19S2. The summed E-state index contributed by atoms with van der Waals surface area (Å²) in [6.07, 6.45) is -5.48. The molecule has 10 atom stereocenters. The van der Waals surface area contributed by atoms with Gasteiger partial charge in [-0.15, -0.1) is 0 Å². The van der Waals surface area contributed by atoms with E-state index in [1.807, 2.05) is 22.4 Å². The Morgan fingerprint density at radius 3 is 1.52 bits per heavy atom. The van der Waals surface area contributed by atoms with E-state index in [0.717, 1.165) is 33.3 Å². The molecule has 4 aromatic carbocycles. The predicted molar refractivity (Wildman–Crippen MR) is 392 cm³/mol. The van der Waals surface area contributed by atoms with E-state index in [0.29, 0.717) is 27.4 Å². The van der Waals surface area contributed by atoms with Gasteiger partial charge in [-0.25, -0.2) is 5.48 Å². The quantitative estimate of drug-likeness (QED) is 0.0101. The van der Waals surface area contributed by atoms with Crippen molar-refractivity contribution in [3.05, 3.63) is 119 Å². The van der Waals surface area contributed by atoms with E-state index in [9.17, 15) is 72.2 Å². The summed E-state index contributed by atoms with van der Waals surface area (Å²) in [5, 5.41) is 37.8. The van der Waals surface area contributed by atoms with Gasteiger partial charge in [0, 0.05) is 78.1 Å². The number of aliphatic hydroxyl groups is 1. The highest BCUT2D eigenvalue weighted by molar-refractivity contribution is 7.82. The summed E-state index contributed by atoms with van der Waals surface area (Å²) < 4.78 is 2.25. The van der Waals surface area contributed by atoms with E-state index in [1.165, 1.54) is 58.2 Å². The molecule has 0 aliphatic heterocycles. The molecule has 0 aliphatic carbocycles. The lowest BCUT2D eigenvalue weighted by molar-refractivity contribution is -0.140. The third kappa shape index (κ3) is 28.0. The number of nitrogens with two attached hydrogens (primary N) is 3. The Morgan fingerprint density at radius 2 is 0.972 bits per heavy atom. The summed E-state index contributed by atoms with van der Waals surface area (Å²) in [5.74, 6) is -16.1. The standard InChI is InChI=1S/C69H91N17O19S2/c1-34(87)54(81-59(95)45(23-25-50(70)90)76-65(101)55(68(4,5)106)74-35(2)88)64(100)78-49(30-42-31-73-44-16-12-11-15-43(42)44)62(98)75-46(24-26-51(71)91)60(96)82-56(69(6,7)107)66(102)79-47(28-37-17-21-40(22-18-37)57(72)94)61(97)77-48(29-38-19-20-39-13-9-10-14-41(39)27-38)63(99)83-58(67(103)85-84-36(3)89)80-52(92)32-105-33-53(93)86-104-8/h9-22,27,31,34,45-49,54-56,58,73,87,106-107H,23-26,28-30,32-33H2,1-8H3,(H2,70,90)(H2,71,91)(H2,72,94)(H,74,88)(H,75,98)(H,76,101)(H,77,97)(H,78,100)(H,79,102)(H,80,92)(H,81,95)(H,82,96)(H,83,99)(H,84,89)(H,85,103)(H,86,93). The Morgan fingerprint density at radius 1 is 0.495 bits per heavy atom. The van der Waals surface area contributed by atoms with Crippen molar-refractivity contribution < 1.29 is 91.4 Å². The first-order valence-corrected chi connectivity index (χ1v) is 34.2. The number of hydrogen-bond donors (Lipinski definition) is 20. The van der Waals surface area contributed by atoms with Crippen molar-refractivity contribution in [1.82, 2.24) is 74.5 Å². The lowest BCUT2D eigenvalue weighted by Crippen LogP contribution is -2.64. The first-order valence-electron chi connectivity index (χ1n) is 33.3. The van der Waals surface area contributed by atoms with Crippen LogP contribution in [0.2, 0.25) is 0 Å². The summed E-state index contributed by atoms with van der Waals surface area (Å²) in [7, 11) is 1.15. The number of hydroxylamine groups is 1. The minimum atomic E-state index is -2.04. The maximum absolute atomic E-state index is 15.2. The number of ether oxygens (including phenoxy) is 1. The van der Waals surface area contributed by atoms with Crippen LogP contribution in [0, 0.1) is 0 Å². The largest absolute Gasteiger partial charge is 0.391 e. The van der Waals surface area contributed by atoms with Crippen LogP contribution in [0.1, 0.15) is 101 Å². The van der Waals surface area contributed by atoms with Gasteiger partial charge in [0.15, 0.2) is 6.17 Å². The van der Waals surface area contributed by atoms with Crippen molar-refractivity contribution in [2.24, 2.45) is 17.2 Å². The van der Waals surface area contributed by atoms with Gasteiger partial charge >= 0.3 is 0 Å². The fraction of sp³-hybridized carbons (Fsp3) is 0.420. The van der Waals surface area contributed by atoms with Crippen LogP contribution in [-0.4, -0.2) is 195 Å². The van der Waals surface area contributed by atoms with Gasteiger partial charge in [-0.3, -0.25) is 92.4 Å². The van der Waals surface area contributed by atoms with Gasteiger partial charge in [0.1, 0.15) is 61.5 Å². The van der Waals surface area contributed by atoms with Crippen molar-refractivity contribution >= 4 is 141 Å². The molecule has 0 fully saturated rings. The van der Waals surface area contributed by atoms with Crippen LogP contribution in [0.5, 0.6) is 0 Å².